The molecule has 5 nitrogen and oxygen atoms in total. The molecule has 0 aromatic carbocycles. The van der Waals surface area contributed by atoms with Crippen LogP contribution in [0.2, 0.25) is 0 Å². The molecule has 0 spiro atoms. The largest absolute Gasteiger partial charge is 0.444 e. The topological polar surface area (TPSA) is 63.2 Å². The number of rotatable bonds is 5. The zero-order valence-corrected chi connectivity index (χ0v) is 13.1. The summed E-state index contributed by atoms with van der Waals surface area (Å²) >= 11 is 3.41. The van der Waals surface area contributed by atoms with Gasteiger partial charge < -0.3 is 15.4 Å². The summed E-state index contributed by atoms with van der Waals surface area (Å²) in [6, 6.07) is 1.89. The van der Waals surface area contributed by atoms with Gasteiger partial charge in [-0.25, -0.2) is 4.79 Å². The molecule has 0 saturated carbocycles. The number of ether oxygens (including phenoxy) is 1. The molecule has 0 aliphatic carbocycles. The smallest absolute Gasteiger partial charge is 0.407 e. The van der Waals surface area contributed by atoms with Gasteiger partial charge in [-0.05, 0) is 49.2 Å². The standard InChI is InChI=1S/C13H20BrN3O2/c1-13(2,3)19-12(18)17-7-4-6-16-11-5-8-15-9-10(11)14/h5,8-9H,4,6-7H2,1-3H3,(H,15,16)(H,17,18). The van der Waals surface area contributed by atoms with Crippen molar-refractivity contribution in [2.45, 2.75) is 32.8 Å². The second-order valence-corrected chi connectivity index (χ2v) is 5.92. The number of hydrogen-bond acceptors (Lipinski definition) is 4. The second kappa shape index (κ2) is 7.33. The molecule has 1 amide bonds. The van der Waals surface area contributed by atoms with Gasteiger partial charge in [-0.3, -0.25) is 4.98 Å². The third-order valence-corrected chi connectivity index (χ3v) is 2.74. The third kappa shape index (κ3) is 7.00. The van der Waals surface area contributed by atoms with Crippen LogP contribution in [0.3, 0.4) is 0 Å². The predicted molar refractivity (Wildman–Crippen MR) is 79.3 cm³/mol. The van der Waals surface area contributed by atoms with Crippen LogP contribution >= 0.6 is 15.9 Å². The van der Waals surface area contributed by atoms with Gasteiger partial charge in [0.2, 0.25) is 0 Å². The summed E-state index contributed by atoms with van der Waals surface area (Å²) in [5.41, 5.74) is 0.539. The van der Waals surface area contributed by atoms with E-state index in [2.05, 4.69) is 31.5 Å². The zero-order valence-electron chi connectivity index (χ0n) is 11.5. The maximum absolute atomic E-state index is 11.4. The van der Waals surface area contributed by atoms with E-state index >= 15 is 0 Å². The van der Waals surface area contributed by atoms with Crippen LogP contribution in [0.4, 0.5) is 10.5 Å². The van der Waals surface area contributed by atoms with E-state index in [4.69, 9.17) is 4.74 Å². The summed E-state index contributed by atoms with van der Waals surface area (Å²) in [4.78, 5) is 15.4. The van der Waals surface area contributed by atoms with Crippen LogP contribution in [0.15, 0.2) is 22.9 Å². The minimum Gasteiger partial charge on any atom is -0.444 e. The molecule has 0 fully saturated rings. The fraction of sp³-hybridized carbons (Fsp3) is 0.538. The first-order chi connectivity index (χ1) is 8.88. The molecule has 1 aromatic heterocycles. The number of pyridine rings is 1. The molecule has 0 aliphatic heterocycles. The van der Waals surface area contributed by atoms with Crippen molar-refractivity contribution in [2.24, 2.45) is 0 Å². The highest BCUT2D eigenvalue weighted by Crippen LogP contribution is 2.19. The number of anilines is 1. The Balaban J connectivity index is 2.15. The van der Waals surface area contributed by atoms with Gasteiger partial charge in [-0.2, -0.15) is 0 Å². The van der Waals surface area contributed by atoms with Crippen LogP contribution in [0.25, 0.3) is 0 Å². The first kappa shape index (κ1) is 15.8. The fourth-order valence-corrected chi connectivity index (χ4v) is 1.73. The molecule has 1 rings (SSSR count). The Labute approximate surface area is 122 Å². The Morgan fingerprint density at radius 3 is 2.79 bits per heavy atom. The molecule has 0 saturated heterocycles. The Bertz CT molecular complexity index is 419. The van der Waals surface area contributed by atoms with E-state index in [1.165, 1.54) is 0 Å². The number of carbonyl (C=O) groups is 1. The van der Waals surface area contributed by atoms with Gasteiger partial charge in [-0.15, -0.1) is 0 Å². The van der Waals surface area contributed by atoms with Crippen molar-refractivity contribution < 1.29 is 9.53 Å². The molecule has 1 heterocycles. The molecule has 19 heavy (non-hydrogen) atoms. The Kier molecular flexibility index (Phi) is 6.08. The summed E-state index contributed by atoms with van der Waals surface area (Å²) in [7, 11) is 0. The lowest BCUT2D eigenvalue weighted by Gasteiger charge is -2.19. The summed E-state index contributed by atoms with van der Waals surface area (Å²) in [6.45, 7) is 6.86. The average molecular weight is 330 g/mol. The van der Waals surface area contributed by atoms with E-state index in [9.17, 15) is 4.79 Å². The first-order valence-electron chi connectivity index (χ1n) is 6.19. The Hall–Kier alpha value is -1.30. The molecule has 0 aliphatic rings. The number of nitrogens with zero attached hydrogens (tertiary/aromatic N) is 1. The number of hydrogen-bond donors (Lipinski definition) is 2. The van der Waals surface area contributed by atoms with Crippen molar-refractivity contribution in [3.8, 4) is 0 Å². The van der Waals surface area contributed by atoms with Gasteiger partial charge in [-0.1, -0.05) is 0 Å². The Morgan fingerprint density at radius 2 is 2.16 bits per heavy atom. The van der Waals surface area contributed by atoms with E-state index in [1.807, 2.05) is 26.8 Å². The van der Waals surface area contributed by atoms with E-state index < -0.39 is 5.60 Å². The molecular weight excluding hydrogens is 310 g/mol. The molecule has 6 heteroatoms. The van der Waals surface area contributed by atoms with E-state index in [-0.39, 0.29) is 6.09 Å². The third-order valence-electron chi connectivity index (χ3n) is 2.11. The number of halogens is 1. The van der Waals surface area contributed by atoms with Crippen molar-refractivity contribution in [3.63, 3.8) is 0 Å². The number of nitrogens with one attached hydrogen (secondary N) is 2. The summed E-state index contributed by atoms with van der Waals surface area (Å²) in [5, 5.41) is 5.97. The molecule has 0 bridgehead atoms. The minimum atomic E-state index is -0.454. The van der Waals surface area contributed by atoms with Crippen molar-refractivity contribution >= 4 is 27.7 Å². The van der Waals surface area contributed by atoms with Crippen molar-refractivity contribution in [1.82, 2.24) is 10.3 Å². The number of carbonyl (C=O) groups excluding carboxylic acids is 1. The average Bonchev–Trinajstić information content (AvgIpc) is 2.28. The Morgan fingerprint density at radius 1 is 1.42 bits per heavy atom. The van der Waals surface area contributed by atoms with Crippen LogP contribution < -0.4 is 10.6 Å². The van der Waals surface area contributed by atoms with E-state index in [0.29, 0.717) is 6.54 Å². The first-order valence-corrected chi connectivity index (χ1v) is 6.98. The van der Waals surface area contributed by atoms with Crippen LogP contribution in [-0.4, -0.2) is 29.8 Å². The molecule has 0 unspecified atom stereocenters. The number of aromatic nitrogens is 1. The lowest BCUT2D eigenvalue weighted by Crippen LogP contribution is -2.33. The van der Waals surface area contributed by atoms with Crippen LogP contribution in [0, 0.1) is 0 Å². The fourth-order valence-electron chi connectivity index (χ4n) is 1.33. The molecule has 0 atom stereocenters. The van der Waals surface area contributed by atoms with E-state index in [0.717, 1.165) is 23.1 Å². The molecule has 1 aromatic rings. The van der Waals surface area contributed by atoms with Crippen LogP contribution in [0.1, 0.15) is 27.2 Å². The van der Waals surface area contributed by atoms with Gasteiger partial charge >= 0.3 is 6.09 Å². The monoisotopic (exact) mass is 329 g/mol. The molecule has 0 radical (unpaired) electrons. The lowest BCUT2D eigenvalue weighted by atomic mass is 10.2. The molecule has 106 valence electrons. The molecular formula is C13H20BrN3O2. The number of alkyl carbamates (subject to hydrolysis) is 1. The highest BCUT2D eigenvalue weighted by molar-refractivity contribution is 9.10. The summed E-state index contributed by atoms with van der Waals surface area (Å²) in [6.07, 6.45) is 3.90. The zero-order chi connectivity index (χ0) is 14.3. The van der Waals surface area contributed by atoms with Crippen LogP contribution in [-0.2, 0) is 4.74 Å². The highest BCUT2D eigenvalue weighted by Gasteiger charge is 2.15. The minimum absolute atomic E-state index is 0.377. The maximum Gasteiger partial charge on any atom is 0.407 e. The lowest BCUT2D eigenvalue weighted by molar-refractivity contribution is 0.0528. The quantitative estimate of drug-likeness (QED) is 0.814. The van der Waals surface area contributed by atoms with E-state index in [1.54, 1.807) is 12.4 Å². The van der Waals surface area contributed by atoms with Crippen molar-refractivity contribution in [3.05, 3.63) is 22.9 Å². The van der Waals surface area contributed by atoms with Gasteiger partial charge in [0.25, 0.3) is 0 Å². The van der Waals surface area contributed by atoms with Crippen LogP contribution in [0.5, 0.6) is 0 Å². The number of amides is 1. The maximum atomic E-state index is 11.4. The van der Waals surface area contributed by atoms with Crippen molar-refractivity contribution in [2.75, 3.05) is 18.4 Å². The van der Waals surface area contributed by atoms with Gasteiger partial charge in [0.05, 0.1) is 10.2 Å². The van der Waals surface area contributed by atoms with Gasteiger partial charge in [0, 0.05) is 25.5 Å². The SMILES string of the molecule is CC(C)(C)OC(=O)NCCCNc1ccncc1Br. The molecule has 2 N–H and O–H groups in total. The predicted octanol–water partition coefficient (Wildman–Crippen LogP) is 3.17. The summed E-state index contributed by atoms with van der Waals surface area (Å²) < 4.78 is 6.06. The summed E-state index contributed by atoms with van der Waals surface area (Å²) in [5.74, 6) is 0. The normalized spacial score (nSPS) is 10.9. The van der Waals surface area contributed by atoms with Gasteiger partial charge in [0.15, 0.2) is 0 Å². The van der Waals surface area contributed by atoms with Crippen molar-refractivity contribution in [1.29, 1.82) is 0 Å². The highest BCUT2D eigenvalue weighted by atomic mass is 79.9. The van der Waals surface area contributed by atoms with Gasteiger partial charge in [0.1, 0.15) is 5.60 Å². The second-order valence-electron chi connectivity index (χ2n) is 5.06.